The van der Waals surface area contributed by atoms with E-state index in [1.165, 1.54) is 13.2 Å². The van der Waals surface area contributed by atoms with Crippen LogP contribution in [0.15, 0.2) is 41.8 Å². The van der Waals surface area contributed by atoms with Gasteiger partial charge in [-0.05, 0) is 44.0 Å². The number of nitrogens with one attached hydrogen (secondary N) is 1. The number of hydrogen-bond acceptors (Lipinski definition) is 9. The summed E-state index contributed by atoms with van der Waals surface area (Å²) < 4.78 is 18.1. The third-order valence-corrected chi connectivity index (χ3v) is 9.20. The molecule has 0 atom stereocenters. The zero-order chi connectivity index (χ0) is 30.1. The lowest BCUT2D eigenvalue weighted by Gasteiger charge is -2.53. The highest BCUT2D eigenvalue weighted by atomic mass is 35.5. The Balaban J connectivity index is 1.29. The predicted octanol–water partition coefficient (Wildman–Crippen LogP) is 3.44. The molecule has 2 aromatic heterocycles. The van der Waals surface area contributed by atoms with Crippen molar-refractivity contribution in [2.45, 2.75) is 31.8 Å². The average molecular weight is 609 g/mol. The summed E-state index contributed by atoms with van der Waals surface area (Å²) >= 11 is 6.72. The Morgan fingerprint density at radius 1 is 1.14 bits per heavy atom. The molecule has 3 aliphatic rings. The maximum atomic E-state index is 14.2. The molecule has 4 heterocycles. The summed E-state index contributed by atoms with van der Waals surface area (Å²) in [6.45, 7) is 9.35. The molecule has 1 N–H and O–H groups in total. The first-order valence-electron chi connectivity index (χ1n) is 14.6. The number of fused-ring (bicyclic) bond motifs is 1. The van der Waals surface area contributed by atoms with E-state index >= 15 is 0 Å². The van der Waals surface area contributed by atoms with Gasteiger partial charge in [0.15, 0.2) is 0 Å². The Morgan fingerprint density at radius 3 is 2.56 bits per heavy atom. The van der Waals surface area contributed by atoms with Gasteiger partial charge in [0.05, 0.1) is 32.5 Å². The van der Waals surface area contributed by atoms with Gasteiger partial charge < -0.3 is 24.4 Å². The number of piperazine rings is 1. The summed E-state index contributed by atoms with van der Waals surface area (Å²) in [5, 5.41) is 4.52. The molecule has 6 rings (SSSR count). The van der Waals surface area contributed by atoms with E-state index in [1.54, 1.807) is 36.1 Å². The molecule has 3 aromatic rings. The molecular formula is C31H37ClN6O5. The molecule has 12 heteroatoms. The second-order valence-electron chi connectivity index (χ2n) is 11.6. The predicted molar refractivity (Wildman–Crippen MR) is 165 cm³/mol. The fourth-order valence-corrected chi connectivity index (χ4v) is 6.62. The zero-order valence-corrected chi connectivity index (χ0v) is 25.4. The van der Waals surface area contributed by atoms with Gasteiger partial charge in [0.1, 0.15) is 17.1 Å². The van der Waals surface area contributed by atoms with Crippen molar-refractivity contribution in [2.24, 2.45) is 5.41 Å². The van der Waals surface area contributed by atoms with Crippen LogP contribution in [0, 0.1) is 5.41 Å². The molecule has 228 valence electrons. The van der Waals surface area contributed by atoms with E-state index in [4.69, 9.17) is 30.8 Å². The first kappa shape index (κ1) is 29.4. The number of pyridine rings is 1. The number of carbonyl (C=O) groups excluding carboxylic acids is 1. The van der Waals surface area contributed by atoms with E-state index in [0.717, 1.165) is 57.5 Å². The summed E-state index contributed by atoms with van der Waals surface area (Å²) in [7, 11) is 3.09. The van der Waals surface area contributed by atoms with Gasteiger partial charge in [-0.3, -0.25) is 19.1 Å². The number of hydrogen-bond donors (Lipinski definition) is 1. The normalized spacial score (nSPS) is 18.3. The Morgan fingerprint density at radius 2 is 1.91 bits per heavy atom. The monoisotopic (exact) mass is 608 g/mol. The maximum absolute atomic E-state index is 14.2. The van der Waals surface area contributed by atoms with Crippen molar-refractivity contribution in [1.82, 2.24) is 24.3 Å². The highest BCUT2D eigenvalue weighted by Gasteiger charge is 2.50. The Hall–Kier alpha value is -3.67. The van der Waals surface area contributed by atoms with Crippen molar-refractivity contribution in [1.29, 1.82) is 0 Å². The lowest BCUT2D eigenvalue weighted by atomic mass is 9.64. The molecule has 2 saturated heterocycles. The zero-order valence-electron chi connectivity index (χ0n) is 24.6. The smallest absolute Gasteiger partial charge is 0.260 e. The number of amides is 1. The topological polar surface area (TPSA) is 111 Å². The molecular weight excluding hydrogens is 572 g/mol. The number of aromatic nitrogens is 3. The van der Waals surface area contributed by atoms with E-state index in [1.807, 2.05) is 4.90 Å². The fraction of sp³-hybridized carbons (Fsp3) is 0.484. The third kappa shape index (κ3) is 5.81. The van der Waals surface area contributed by atoms with Crippen LogP contribution < -0.4 is 20.3 Å². The molecule has 1 aromatic carbocycles. The highest BCUT2D eigenvalue weighted by Crippen LogP contribution is 2.47. The molecule has 1 aliphatic carbocycles. The van der Waals surface area contributed by atoms with Crippen molar-refractivity contribution < 1.29 is 19.0 Å². The van der Waals surface area contributed by atoms with Crippen LogP contribution in [0.3, 0.4) is 0 Å². The van der Waals surface area contributed by atoms with Gasteiger partial charge in [0, 0.05) is 73.0 Å². The SMILES string of the molecule is C=CC(=O)N1CCN(CCCn2c(=O)c(-c3cc(OC)cc(OC)c3Cl)cc3cnc(NC4CC5(COC5)C4)nc32)CC1. The number of halogens is 1. The number of benzene rings is 1. The minimum absolute atomic E-state index is 0.0375. The molecule has 11 nitrogen and oxygen atoms in total. The molecule has 43 heavy (non-hydrogen) atoms. The van der Waals surface area contributed by atoms with Gasteiger partial charge in [-0.2, -0.15) is 4.98 Å². The number of methoxy groups -OCH3 is 2. The third-order valence-electron chi connectivity index (χ3n) is 8.81. The minimum Gasteiger partial charge on any atom is -0.497 e. The molecule has 1 amide bonds. The van der Waals surface area contributed by atoms with Gasteiger partial charge in [0.25, 0.3) is 5.56 Å². The van der Waals surface area contributed by atoms with Crippen molar-refractivity contribution in [3.8, 4) is 22.6 Å². The maximum Gasteiger partial charge on any atom is 0.260 e. The summed E-state index contributed by atoms with van der Waals surface area (Å²) in [5.74, 6) is 1.42. The van der Waals surface area contributed by atoms with Gasteiger partial charge in [-0.25, -0.2) is 4.98 Å². The van der Waals surface area contributed by atoms with Crippen LogP contribution >= 0.6 is 11.6 Å². The van der Waals surface area contributed by atoms with Crippen LogP contribution in [0.2, 0.25) is 5.02 Å². The van der Waals surface area contributed by atoms with Crippen molar-refractivity contribution in [3.63, 3.8) is 0 Å². The molecule has 3 fully saturated rings. The van der Waals surface area contributed by atoms with E-state index in [0.29, 0.717) is 64.3 Å². The lowest BCUT2D eigenvalue weighted by molar-refractivity contribution is -0.160. The highest BCUT2D eigenvalue weighted by molar-refractivity contribution is 6.35. The minimum atomic E-state index is -0.204. The van der Waals surface area contributed by atoms with Crippen LogP contribution in [0.25, 0.3) is 22.2 Å². The van der Waals surface area contributed by atoms with Crippen molar-refractivity contribution in [3.05, 3.63) is 52.4 Å². The molecule has 1 spiro atoms. The first-order valence-corrected chi connectivity index (χ1v) is 15.0. The number of aryl methyl sites for hydroxylation is 1. The molecule has 2 aliphatic heterocycles. The molecule has 0 bridgehead atoms. The Bertz CT molecular complexity index is 1590. The Labute approximate surface area is 255 Å². The number of ether oxygens (including phenoxy) is 3. The van der Waals surface area contributed by atoms with Crippen molar-refractivity contribution >= 4 is 34.5 Å². The van der Waals surface area contributed by atoms with Crippen LogP contribution in [0.4, 0.5) is 5.95 Å². The van der Waals surface area contributed by atoms with E-state index in [2.05, 4.69) is 21.8 Å². The Kier molecular flexibility index (Phi) is 8.30. The average Bonchev–Trinajstić information content (AvgIpc) is 2.99. The standard InChI is InChI=1S/C31H37ClN6O5/c1-4-26(39)37-10-8-36(9-11-37)6-5-7-38-28-20(17-33-30(35-28)34-21-15-31(16-21)18-43-19-31)12-24(29(38)40)23-13-22(41-2)14-25(42-3)27(23)32/h4,12-14,17,21H,1,5-11,15-16,18-19H2,2-3H3,(H,33,34,35). The van der Waals surface area contributed by atoms with Crippen LogP contribution in [0.1, 0.15) is 19.3 Å². The number of rotatable bonds is 10. The van der Waals surface area contributed by atoms with Crippen LogP contribution in [-0.4, -0.2) is 96.4 Å². The van der Waals surface area contributed by atoms with Gasteiger partial charge in [-0.1, -0.05) is 18.2 Å². The van der Waals surface area contributed by atoms with Crippen molar-refractivity contribution in [2.75, 3.05) is 65.5 Å². The molecule has 0 radical (unpaired) electrons. The van der Waals surface area contributed by atoms with Gasteiger partial charge >= 0.3 is 0 Å². The quantitative estimate of drug-likeness (QED) is 0.346. The lowest BCUT2D eigenvalue weighted by Crippen LogP contribution is -2.56. The first-order chi connectivity index (χ1) is 20.8. The largest absolute Gasteiger partial charge is 0.497 e. The van der Waals surface area contributed by atoms with E-state index < -0.39 is 0 Å². The summed E-state index contributed by atoms with van der Waals surface area (Å²) in [4.78, 5) is 39.7. The second kappa shape index (κ2) is 12.1. The second-order valence-corrected chi connectivity index (χ2v) is 12.0. The summed E-state index contributed by atoms with van der Waals surface area (Å²) in [6.07, 6.45) is 5.90. The number of carbonyl (C=O) groups is 1. The van der Waals surface area contributed by atoms with E-state index in [-0.39, 0.29) is 17.5 Å². The van der Waals surface area contributed by atoms with E-state index in [9.17, 15) is 9.59 Å². The fourth-order valence-electron chi connectivity index (χ4n) is 6.33. The molecule has 0 unspecified atom stereocenters. The van der Waals surface area contributed by atoms with Crippen LogP contribution in [-0.2, 0) is 16.1 Å². The molecule has 1 saturated carbocycles. The number of nitrogens with zero attached hydrogens (tertiary/aromatic N) is 5. The van der Waals surface area contributed by atoms with Gasteiger partial charge in [-0.15, -0.1) is 0 Å². The summed E-state index contributed by atoms with van der Waals surface area (Å²) in [6, 6.07) is 5.51. The van der Waals surface area contributed by atoms with Crippen LogP contribution in [0.5, 0.6) is 11.5 Å². The van der Waals surface area contributed by atoms with Gasteiger partial charge in [0.2, 0.25) is 11.9 Å². The summed E-state index contributed by atoms with van der Waals surface area (Å²) in [5.41, 5.74) is 1.62. The number of anilines is 1.